The molecule has 1 rings (SSSR count). The van der Waals surface area contributed by atoms with Crippen molar-refractivity contribution in [2.75, 3.05) is 6.61 Å². The van der Waals surface area contributed by atoms with E-state index in [1.54, 1.807) is 10.8 Å². The van der Waals surface area contributed by atoms with Gasteiger partial charge in [0.25, 0.3) is 0 Å². The first-order chi connectivity index (χ1) is 8.06. The van der Waals surface area contributed by atoms with E-state index in [9.17, 15) is 14.4 Å². The van der Waals surface area contributed by atoms with Crippen LogP contribution in [0.5, 0.6) is 0 Å². The summed E-state index contributed by atoms with van der Waals surface area (Å²) in [6.07, 6.45) is -1.21. The number of hydrogen-bond acceptors (Lipinski definition) is 7. The van der Waals surface area contributed by atoms with E-state index in [2.05, 4.69) is 9.47 Å². The van der Waals surface area contributed by atoms with Crippen molar-refractivity contribution < 1.29 is 29.0 Å². The molecule has 0 unspecified atom stereocenters. The van der Waals surface area contributed by atoms with Crippen LogP contribution in [0.3, 0.4) is 0 Å². The second-order valence-electron chi connectivity index (χ2n) is 2.55. The van der Waals surface area contributed by atoms with Crippen LogP contribution in [-0.4, -0.2) is 29.8 Å². The molecular formula is C9H8O6S2. The van der Waals surface area contributed by atoms with Crippen LogP contribution in [-0.2, 0) is 19.1 Å². The summed E-state index contributed by atoms with van der Waals surface area (Å²) in [5.74, 6) is -2.67. The molecule has 0 amide bonds. The average molecular weight is 276 g/mol. The first kappa shape index (κ1) is 13.7. The Bertz CT molecular complexity index is 402. The number of rotatable bonds is 3. The molecule has 0 aromatic heterocycles. The van der Waals surface area contributed by atoms with Crippen molar-refractivity contribution >= 4 is 41.6 Å². The van der Waals surface area contributed by atoms with Crippen LogP contribution in [0.15, 0.2) is 20.6 Å². The lowest BCUT2D eigenvalue weighted by atomic mass is 10.3. The van der Waals surface area contributed by atoms with Gasteiger partial charge in [0, 0.05) is 0 Å². The molecule has 1 N–H and O–H groups in total. The molecule has 0 saturated heterocycles. The van der Waals surface area contributed by atoms with Crippen LogP contribution < -0.4 is 0 Å². The Kier molecular flexibility index (Phi) is 5.11. The van der Waals surface area contributed by atoms with E-state index in [0.717, 1.165) is 23.5 Å². The van der Waals surface area contributed by atoms with Gasteiger partial charge in [0.15, 0.2) is 5.57 Å². The summed E-state index contributed by atoms with van der Waals surface area (Å²) < 4.78 is 8.87. The lowest BCUT2D eigenvalue weighted by molar-refractivity contribution is -0.141. The molecule has 0 spiro atoms. The Hall–Kier alpha value is -1.41. The second kappa shape index (κ2) is 6.36. The first-order valence-corrected chi connectivity index (χ1v) is 6.17. The summed E-state index contributed by atoms with van der Waals surface area (Å²) in [7, 11) is 0. The van der Waals surface area contributed by atoms with Gasteiger partial charge in [-0.05, 0) is 17.7 Å². The number of carboxylic acids is 1. The summed E-state index contributed by atoms with van der Waals surface area (Å²) in [4.78, 5) is 33.2. The average Bonchev–Trinajstić information content (AvgIpc) is 2.70. The molecule has 0 saturated carbocycles. The molecule has 6 nitrogen and oxygen atoms in total. The Balaban J connectivity index is 2.79. The Morgan fingerprint density at radius 2 is 1.88 bits per heavy atom. The lowest BCUT2D eigenvalue weighted by Gasteiger charge is -2.05. The molecule has 1 heterocycles. The van der Waals surface area contributed by atoms with Gasteiger partial charge < -0.3 is 14.6 Å². The maximum absolute atomic E-state index is 11.4. The third kappa shape index (κ3) is 3.82. The van der Waals surface area contributed by atoms with Crippen molar-refractivity contribution in [3.05, 3.63) is 20.6 Å². The SMILES string of the molecule is CCOC(=O)OC(=O)C(C(=O)O)=C1SC=CS1. The van der Waals surface area contributed by atoms with Crippen molar-refractivity contribution in [2.45, 2.75) is 6.92 Å². The fourth-order valence-electron chi connectivity index (χ4n) is 0.857. The highest BCUT2D eigenvalue weighted by atomic mass is 32.2. The molecule has 1 aliphatic rings. The van der Waals surface area contributed by atoms with Gasteiger partial charge in [-0.2, -0.15) is 0 Å². The highest BCUT2D eigenvalue weighted by molar-refractivity contribution is 8.27. The highest BCUT2D eigenvalue weighted by Gasteiger charge is 2.28. The third-order valence-corrected chi connectivity index (χ3v) is 3.60. The maximum atomic E-state index is 11.4. The van der Waals surface area contributed by atoms with Crippen LogP contribution in [0, 0.1) is 0 Å². The number of carbonyl (C=O) groups is 3. The second-order valence-corrected chi connectivity index (χ2v) is 4.64. The maximum Gasteiger partial charge on any atom is 0.516 e. The van der Waals surface area contributed by atoms with Gasteiger partial charge in [0.2, 0.25) is 0 Å². The van der Waals surface area contributed by atoms with E-state index in [1.165, 1.54) is 6.92 Å². The Morgan fingerprint density at radius 1 is 1.29 bits per heavy atom. The zero-order chi connectivity index (χ0) is 12.8. The van der Waals surface area contributed by atoms with E-state index in [0.29, 0.717) is 0 Å². The standard InChI is InChI=1S/C9H8O6S2/c1-2-14-9(13)15-7(12)5(6(10)11)8-16-3-4-17-8/h3-4H,2H2,1H3,(H,10,11). The minimum Gasteiger partial charge on any atom is -0.477 e. The molecular weight excluding hydrogens is 268 g/mol. The largest absolute Gasteiger partial charge is 0.516 e. The van der Waals surface area contributed by atoms with Crippen LogP contribution in [0.2, 0.25) is 0 Å². The van der Waals surface area contributed by atoms with Gasteiger partial charge in [0.05, 0.1) is 10.8 Å². The molecule has 0 atom stereocenters. The normalized spacial score (nSPS) is 13.4. The molecule has 92 valence electrons. The number of ether oxygens (including phenoxy) is 2. The molecule has 8 heteroatoms. The van der Waals surface area contributed by atoms with Crippen molar-refractivity contribution in [1.29, 1.82) is 0 Å². The summed E-state index contributed by atoms with van der Waals surface area (Å²) in [6, 6.07) is 0. The van der Waals surface area contributed by atoms with E-state index in [1.807, 2.05) is 0 Å². The zero-order valence-electron chi connectivity index (χ0n) is 8.67. The predicted octanol–water partition coefficient (Wildman–Crippen LogP) is 1.93. The molecule has 0 radical (unpaired) electrons. The number of esters is 1. The van der Waals surface area contributed by atoms with Crippen molar-refractivity contribution in [3.8, 4) is 0 Å². The number of thioether (sulfide) groups is 2. The minimum absolute atomic E-state index is 0.0378. The molecule has 0 aromatic rings. The van der Waals surface area contributed by atoms with Crippen molar-refractivity contribution in [1.82, 2.24) is 0 Å². The Labute approximate surface area is 105 Å². The Morgan fingerprint density at radius 3 is 2.35 bits per heavy atom. The number of carbonyl (C=O) groups excluding carboxylic acids is 2. The smallest absolute Gasteiger partial charge is 0.477 e. The predicted molar refractivity (Wildman–Crippen MR) is 62.1 cm³/mol. The fraction of sp³-hybridized carbons (Fsp3) is 0.222. The molecule has 17 heavy (non-hydrogen) atoms. The van der Waals surface area contributed by atoms with Crippen LogP contribution in [0.25, 0.3) is 0 Å². The topological polar surface area (TPSA) is 89.9 Å². The zero-order valence-corrected chi connectivity index (χ0v) is 10.3. The summed E-state index contributed by atoms with van der Waals surface area (Å²) in [5.41, 5.74) is -0.571. The van der Waals surface area contributed by atoms with Gasteiger partial charge in [-0.25, -0.2) is 14.4 Å². The summed E-state index contributed by atoms with van der Waals surface area (Å²) >= 11 is 2.15. The highest BCUT2D eigenvalue weighted by Crippen LogP contribution is 2.40. The molecule has 0 aromatic carbocycles. The van der Waals surface area contributed by atoms with Gasteiger partial charge in [0.1, 0.15) is 0 Å². The molecule has 1 aliphatic heterocycles. The molecule has 0 aliphatic carbocycles. The van der Waals surface area contributed by atoms with E-state index in [4.69, 9.17) is 5.11 Å². The summed E-state index contributed by atoms with van der Waals surface area (Å²) in [6.45, 7) is 1.57. The van der Waals surface area contributed by atoms with E-state index >= 15 is 0 Å². The summed E-state index contributed by atoms with van der Waals surface area (Å²) in [5, 5.41) is 12.1. The van der Waals surface area contributed by atoms with Crippen molar-refractivity contribution in [2.24, 2.45) is 0 Å². The van der Waals surface area contributed by atoms with Gasteiger partial charge in [-0.1, -0.05) is 23.5 Å². The third-order valence-electron chi connectivity index (χ3n) is 1.47. The number of hydrogen-bond donors (Lipinski definition) is 1. The number of carboxylic acid groups (broad SMARTS) is 1. The lowest BCUT2D eigenvalue weighted by Crippen LogP contribution is -2.20. The number of aliphatic carboxylic acids is 1. The van der Waals surface area contributed by atoms with Crippen molar-refractivity contribution in [3.63, 3.8) is 0 Å². The quantitative estimate of drug-likeness (QED) is 0.362. The van der Waals surface area contributed by atoms with E-state index < -0.39 is 23.7 Å². The monoisotopic (exact) mass is 276 g/mol. The van der Waals surface area contributed by atoms with Crippen LogP contribution in [0.4, 0.5) is 4.79 Å². The first-order valence-electron chi connectivity index (χ1n) is 4.41. The van der Waals surface area contributed by atoms with Gasteiger partial charge in [-0.3, -0.25) is 0 Å². The molecule has 0 fully saturated rings. The van der Waals surface area contributed by atoms with E-state index in [-0.39, 0.29) is 10.8 Å². The van der Waals surface area contributed by atoms with Crippen LogP contribution >= 0.6 is 23.5 Å². The fourth-order valence-corrected chi connectivity index (χ4v) is 2.68. The molecule has 0 bridgehead atoms. The van der Waals surface area contributed by atoms with Crippen LogP contribution in [0.1, 0.15) is 6.92 Å². The minimum atomic E-state index is -1.45. The van der Waals surface area contributed by atoms with Gasteiger partial charge in [-0.15, -0.1) is 0 Å². The van der Waals surface area contributed by atoms with Gasteiger partial charge >= 0.3 is 18.1 Å².